The molecular weight excluding hydrogens is 226 g/mol. The number of hydrogen-bond acceptors (Lipinski definition) is 3. The molecule has 3 nitrogen and oxygen atoms in total. The summed E-state index contributed by atoms with van der Waals surface area (Å²) in [6.45, 7) is 0.345. The zero-order valence-electron chi connectivity index (χ0n) is 10.1. The van der Waals surface area contributed by atoms with Crippen LogP contribution in [0, 0.1) is 0 Å². The van der Waals surface area contributed by atoms with Gasteiger partial charge in [-0.05, 0) is 18.7 Å². The van der Waals surface area contributed by atoms with Gasteiger partial charge in [0.1, 0.15) is 5.75 Å². The van der Waals surface area contributed by atoms with E-state index in [1.165, 1.54) is 0 Å². The Morgan fingerprint density at radius 2 is 1.50 bits per heavy atom. The third-order valence-electron chi connectivity index (χ3n) is 2.74. The molecular formula is C15H17NO2. The van der Waals surface area contributed by atoms with Gasteiger partial charge in [-0.1, -0.05) is 48.5 Å². The van der Waals surface area contributed by atoms with Crippen molar-refractivity contribution in [2.24, 2.45) is 5.73 Å². The molecule has 0 amide bonds. The summed E-state index contributed by atoms with van der Waals surface area (Å²) < 4.78 is 5.70. The first-order valence-corrected chi connectivity index (χ1v) is 5.97. The molecule has 1 atom stereocenters. The van der Waals surface area contributed by atoms with Gasteiger partial charge in [0.25, 0.3) is 0 Å². The van der Waals surface area contributed by atoms with Gasteiger partial charge >= 0.3 is 0 Å². The van der Waals surface area contributed by atoms with Crippen LogP contribution in [0.15, 0.2) is 60.7 Å². The smallest absolute Gasteiger partial charge is 0.236 e. The summed E-state index contributed by atoms with van der Waals surface area (Å²) in [5.74, 6) is -0.755. The van der Waals surface area contributed by atoms with Gasteiger partial charge in [-0.3, -0.25) is 0 Å². The SMILES string of the molecule is NCCC(O)(Oc1ccccc1)c1ccccc1. The second kappa shape index (κ2) is 5.67. The van der Waals surface area contributed by atoms with Gasteiger partial charge < -0.3 is 15.6 Å². The van der Waals surface area contributed by atoms with Crippen LogP contribution in [-0.2, 0) is 5.79 Å². The first kappa shape index (κ1) is 12.6. The molecule has 3 heteroatoms. The summed E-state index contributed by atoms with van der Waals surface area (Å²) in [5, 5.41) is 10.6. The standard InChI is InChI=1S/C15H17NO2/c16-12-11-15(17,13-7-3-1-4-8-13)18-14-9-5-2-6-10-14/h1-10,17H,11-12,16H2. The lowest BCUT2D eigenvalue weighted by Gasteiger charge is -2.29. The minimum Gasteiger partial charge on any atom is -0.458 e. The Balaban J connectivity index is 2.27. The van der Waals surface area contributed by atoms with E-state index < -0.39 is 5.79 Å². The van der Waals surface area contributed by atoms with Crippen molar-refractivity contribution in [1.29, 1.82) is 0 Å². The van der Waals surface area contributed by atoms with Crippen molar-refractivity contribution in [3.63, 3.8) is 0 Å². The summed E-state index contributed by atoms with van der Waals surface area (Å²) in [5.41, 5.74) is 6.27. The fraction of sp³-hybridized carbons (Fsp3) is 0.200. The van der Waals surface area contributed by atoms with Crippen LogP contribution in [0.1, 0.15) is 12.0 Å². The molecule has 1 unspecified atom stereocenters. The number of aliphatic hydroxyl groups is 1. The predicted octanol–water partition coefficient (Wildman–Crippen LogP) is 2.26. The molecule has 94 valence electrons. The van der Waals surface area contributed by atoms with Gasteiger partial charge in [0.15, 0.2) is 0 Å². The molecule has 0 bridgehead atoms. The van der Waals surface area contributed by atoms with Crippen LogP contribution < -0.4 is 10.5 Å². The molecule has 0 aliphatic rings. The molecule has 3 N–H and O–H groups in total. The van der Waals surface area contributed by atoms with E-state index in [4.69, 9.17) is 10.5 Å². The minimum atomic E-state index is -1.38. The van der Waals surface area contributed by atoms with Crippen molar-refractivity contribution < 1.29 is 9.84 Å². The van der Waals surface area contributed by atoms with Crippen molar-refractivity contribution in [1.82, 2.24) is 0 Å². The largest absolute Gasteiger partial charge is 0.458 e. The highest BCUT2D eigenvalue weighted by Crippen LogP contribution is 2.28. The van der Waals surface area contributed by atoms with Crippen LogP contribution >= 0.6 is 0 Å². The number of benzene rings is 2. The summed E-state index contributed by atoms with van der Waals surface area (Å²) in [7, 11) is 0. The fourth-order valence-corrected chi connectivity index (χ4v) is 1.83. The zero-order chi connectivity index (χ0) is 12.8. The van der Waals surface area contributed by atoms with Gasteiger partial charge in [-0.15, -0.1) is 0 Å². The zero-order valence-corrected chi connectivity index (χ0v) is 10.1. The third-order valence-corrected chi connectivity index (χ3v) is 2.74. The summed E-state index contributed by atoms with van der Waals surface area (Å²) >= 11 is 0. The second-order valence-corrected chi connectivity index (χ2v) is 4.10. The van der Waals surface area contributed by atoms with Crippen LogP contribution in [0.3, 0.4) is 0 Å². The maximum Gasteiger partial charge on any atom is 0.236 e. The first-order chi connectivity index (χ1) is 8.74. The Labute approximate surface area is 107 Å². The van der Waals surface area contributed by atoms with Crippen LogP contribution in [-0.4, -0.2) is 11.7 Å². The van der Waals surface area contributed by atoms with Crippen LogP contribution in [0.5, 0.6) is 5.75 Å². The van der Waals surface area contributed by atoms with Crippen molar-refractivity contribution in [3.05, 3.63) is 66.2 Å². The Hall–Kier alpha value is -1.84. The molecule has 0 aliphatic heterocycles. The third kappa shape index (κ3) is 2.88. The molecule has 2 rings (SSSR count). The number of para-hydroxylation sites is 1. The lowest BCUT2D eigenvalue weighted by Crippen LogP contribution is -2.35. The molecule has 0 saturated heterocycles. The summed E-state index contributed by atoms with van der Waals surface area (Å²) in [6, 6.07) is 18.5. The van der Waals surface area contributed by atoms with E-state index in [1.807, 2.05) is 60.7 Å². The van der Waals surface area contributed by atoms with Crippen molar-refractivity contribution in [3.8, 4) is 5.75 Å². The van der Waals surface area contributed by atoms with Crippen molar-refractivity contribution in [2.75, 3.05) is 6.54 Å². The molecule has 18 heavy (non-hydrogen) atoms. The van der Waals surface area contributed by atoms with Crippen LogP contribution in [0.2, 0.25) is 0 Å². The summed E-state index contributed by atoms with van der Waals surface area (Å²) in [6.07, 6.45) is 0.339. The molecule has 0 radical (unpaired) electrons. The van der Waals surface area contributed by atoms with Crippen molar-refractivity contribution >= 4 is 0 Å². The van der Waals surface area contributed by atoms with Crippen LogP contribution in [0.25, 0.3) is 0 Å². The molecule has 0 spiro atoms. The molecule has 2 aromatic carbocycles. The van der Waals surface area contributed by atoms with Gasteiger partial charge in [-0.25, -0.2) is 0 Å². The quantitative estimate of drug-likeness (QED) is 0.792. The molecule has 0 heterocycles. The highest BCUT2D eigenvalue weighted by Gasteiger charge is 2.30. The van der Waals surface area contributed by atoms with E-state index in [0.29, 0.717) is 24.3 Å². The lowest BCUT2D eigenvalue weighted by molar-refractivity contribution is -0.149. The Morgan fingerprint density at radius 1 is 0.944 bits per heavy atom. The van der Waals surface area contributed by atoms with Gasteiger partial charge in [0.05, 0.1) is 0 Å². The number of ether oxygens (including phenoxy) is 1. The highest BCUT2D eigenvalue weighted by molar-refractivity contribution is 5.26. The van der Waals surface area contributed by atoms with Gasteiger partial charge in [-0.2, -0.15) is 0 Å². The molecule has 0 fully saturated rings. The summed E-state index contributed by atoms with van der Waals surface area (Å²) in [4.78, 5) is 0. The fourth-order valence-electron chi connectivity index (χ4n) is 1.83. The molecule has 0 aliphatic carbocycles. The van der Waals surface area contributed by atoms with E-state index >= 15 is 0 Å². The van der Waals surface area contributed by atoms with E-state index in [1.54, 1.807) is 0 Å². The minimum absolute atomic E-state index is 0.339. The number of rotatable bonds is 5. The average Bonchev–Trinajstić information content (AvgIpc) is 2.41. The highest BCUT2D eigenvalue weighted by atomic mass is 16.6. The Bertz CT molecular complexity index is 472. The van der Waals surface area contributed by atoms with E-state index in [0.717, 1.165) is 0 Å². The second-order valence-electron chi connectivity index (χ2n) is 4.10. The van der Waals surface area contributed by atoms with E-state index in [2.05, 4.69) is 0 Å². The monoisotopic (exact) mass is 243 g/mol. The molecule has 0 saturated carbocycles. The van der Waals surface area contributed by atoms with E-state index in [9.17, 15) is 5.11 Å². The van der Waals surface area contributed by atoms with Crippen LogP contribution in [0.4, 0.5) is 0 Å². The number of nitrogens with two attached hydrogens (primary N) is 1. The Kier molecular flexibility index (Phi) is 3.97. The Morgan fingerprint density at radius 3 is 2.06 bits per heavy atom. The topological polar surface area (TPSA) is 55.5 Å². The van der Waals surface area contributed by atoms with E-state index in [-0.39, 0.29) is 0 Å². The molecule has 0 aromatic heterocycles. The first-order valence-electron chi connectivity index (χ1n) is 5.97. The molecule has 2 aromatic rings. The van der Waals surface area contributed by atoms with Gasteiger partial charge in [0.2, 0.25) is 5.79 Å². The van der Waals surface area contributed by atoms with Gasteiger partial charge in [0, 0.05) is 12.0 Å². The number of hydrogen-bond donors (Lipinski definition) is 2. The normalized spacial score (nSPS) is 13.9. The maximum absolute atomic E-state index is 10.6. The average molecular weight is 243 g/mol. The predicted molar refractivity (Wildman–Crippen MR) is 71.1 cm³/mol. The lowest BCUT2D eigenvalue weighted by atomic mass is 10.0. The van der Waals surface area contributed by atoms with Crippen molar-refractivity contribution in [2.45, 2.75) is 12.2 Å². The maximum atomic E-state index is 10.6.